The summed E-state index contributed by atoms with van der Waals surface area (Å²) in [6.07, 6.45) is 10.4. The van der Waals surface area contributed by atoms with Crippen molar-refractivity contribution in [2.75, 3.05) is 14.1 Å². The predicted molar refractivity (Wildman–Crippen MR) is 132 cm³/mol. The number of hydrogen-bond donors (Lipinski definition) is 0. The number of carbonyl (C=O) groups excluding carboxylic acids is 3. The van der Waals surface area contributed by atoms with Crippen LogP contribution in [0.2, 0.25) is 0 Å². The molecule has 1 amide bonds. The first-order valence-corrected chi connectivity index (χ1v) is 12.2. The second kappa shape index (κ2) is 11.0. The van der Waals surface area contributed by atoms with Crippen LogP contribution in [0.4, 0.5) is 0 Å². The van der Waals surface area contributed by atoms with Gasteiger partial charge in [0.2, 0.25) is 5.91 Å². The lowest BCUT2D eigenvalue weighted by molar-refractivity contribution is -0.134. The third-order valence-electron chi connectivity index (χ3n) is 7.18. The zero-order valence-corrected chi connectivity index (χ0v) is 21.2. The summed E-state index contributed by atoms with van der Waals surface area (Å²) in [5, 5.41) is 0. The second-order valence-corrected chi connectivity index (χ2v) is 9.64. The van der Waals surface area contributed by atoms with Gasteiger partial charge in [0.1, 0.15) is 17.9 Å². The summed E-state index contributed by atoms with van der Waals surface area (Å²) in [6.45, 7) is 9.45. The van der Waals surface area contributed by atoms with Crippen LogP contribution < -0.4 is 4.74 Å². The van der Waals surface area contributed by atoms with Gasteiger partial charge in [-0.05, 0) is 56.1 Å². The summed E-state index contributed by atoms with van der Waals surface area (Å²) in [5.41, 5.74) is 5.25. The Hall–Kier alpha value is -2.89. The van der Waals surface area contributed by atoms with Gasteiger partial charge in [-0.15, -0.1) is 6.58 Å². The highest BCUT2D eigenvalue weighted by Gasteiger charge is 2.33. The number of ether oxygens (including phenoxy) is 2. The van der Waals surface area contributed by atoms with Gasteiger partial charge in [-0.1, -0.05) is 37.5 Å². The Morgan fingerprint density at radius 1 is 1.21 bits per heavy atom. The van der Waals surface area contributed by atoms with Crippen LogP contribution in [0, 0.1) is 18.8 Å². The summed E-state index contributed by atoms with van der Waals surface area (Å²) >= 11 is 0. The Bertz CT molecular complexity index is 1020. The van der Waals surface area contributed by atoms with Gasteiger partial charge in [0.15, 0.2) is 0 Å². The fourth-order valence-corrected chi connectivity index (χ4v) is 5.40. The highest BCUT2D eigenvalue weighted by atomic mass is 16.6. The van der Waals surface area contributed by atoms with Crippen LogP contribution in [0.5, 0.6) is 5.75 Å². The van der Waals surface area contributed by atoms with E-state index in [1.54, 1.807) is 19.0 Å². The highest BCUT2D eigenvalue weighted by molar-refractivity contribution is 5.98. The zero-order valence-electron chi connectivity index (χ0n) is 21.2. The third kappa shape index (κ3) is 5.26. The van der Waals surface area contributed by atoms with Gasteiger partial charge in [0.05, 0.1) is 0 Å². The molecule has 1 aliphatic carbocycles. The van der Waals surface area contributed by atoms with Gasteiger partial charge in [0, 0.05) is 38.1 Å². The highest BCUT2D eigenvalue weighted by Crippen LogP contribution is 2.40. The minimum absolute atomic E-state index is 0.100. The van der Waals surface area contributed by atoms with Crippen molar-refractivity contribution in [2.24, 2.45) is 11.8 Å². The molecule has 1 saturated carbocycles. The maximum atomic E-state index is 12.8. The minimum atomic E-state index is -0.471. The van der Waals surface area contributed by atoms with Crippen LogP contribution in [-0.2, 0) is 33.8 Å². The Morgan fingerprint density at radius 3 is 2.59 bits per heavy atom. The molecule has 0 bridgehead atoms. The number of fused-ring (bicyclic) bond motifs is 1. The molecule has 2 aliphatic rings. The molecular formula is C28H37NO5. The summed E-state index contributed by atoms with van der Waals surface area (Å²) in [5.74, 6) is -0.393. The van der Waals surface area contributed by atoms with Crippen molar-refractivity contribution >= 4 is 17.8 Å². The lowest BCUT2D eigenvalue weighted by Gasteiger charge is -2.27. The molecule has 184 valence electrons. The molecule has 6 nitrogen and oxygen atoms in total. The molecule has 2 atom stereocenters. The number of hydrogen-bond acceptors (Lipinski definition) is 5. The van der Waals surface area contributed by atoms with Gasteiger partial charge in [-0.25, -0.2) is 4.79 Å². The summed E-state index contributed by atoms with van der Waals surface area (Å²) in [7, 11) is 3.61. The van der Waals surface area contributed by atoms with Gasteiger partial charge in [-0.3, -0.25) is 9.59 Å². The fourth-order valence-electron chi connectivity index (χ4n) is 5.40. The Balaban J connectivity index is 2.10. The molecule has 0 aromatic heterocycles. The van der Waals surface area contributed by atoms with E-state index in [0.717, 1.165) is 54.4 Å². The predicted octanol–water partition coefficient (Wildman–Crippen LogP) is 5.09. The lowest BCUT2D eigenvalue weighted by Crippen LogP contribution is -2.33. The zero-order chi connectivity index (χ0) is 25.0. The van der Waals surface area contributed by atoms with Crippen molar-refractivity contribution in [3.05, 3.63) is 52.1 Å². The van der Waals surface area contributed by atoms with Crippen LogP contribution in [-0.4, -0.2) is 36.8 Å². The van der Waals surface area contributed by atoms with Crippen LogP contribution in [0.3, 0.4) is 0 Å². The smallest absolute Gasteiger partial charge is 0.342 e. The number of rotatable bonds is 7. The monoisotopic (exact) mass is 467 g/mol. The summed E-state index contributed by atoms with van der Waals surface area (Å²) in [6, 6.07) is 0. The van der Waals surface area contributed by atoms with E-state index in [4.69, 9.17) is 9.47 Å². The SMILES string of the molecule is C=CCc1c(C)c2c(c(OC(C)=O)c1C/C=C1\CCCCCC1C(C)C(=O)N(C)C)C(=O)OC2. The van der Waals surface area contributed by atoms with Crippen molar-refractivity contribution < 1.29 is 23.9 Å². The lowest BCUT2D eigenvalue weighted by atomic mass is 9.81. The average molecular weight is 468 g/mol. The van der Waals surface area contributed by atoms with Gasteiger partial charge < -0.3 is 14.4 Å². The topological polar surface area (TPSA) is 72.9 Å². The third-order valence-corrected chi connectivity index (χ3v) is 7.18. The van der Waals surface area contributed by atoms with Crippen LogP contribution in [0.15, 0.2) is 24.3 Å². The van der Waals surface area contributed by atoms with E-state index < -0.39 is 11.9 Å². The van der Waals surface area contributed by atoms with Crippen LogP contribution >= 0.6 is 0 Å². The maximum Gasteiger partial charge on any atom is 0.342 e. The standard InChI is InChI=1S/C28H37NO5/c1-7-11-22-17(2)24-16-33-28(32)25(24)26(34-19(4)30)23(22)15-14-20-12-9-8-10-13-21(20)18(3)27(31)29(5)6/h7,14,18,21H,1,8-13,15-16H2,2-6H3/b20-14+. The number of carbonyl (C=O) groups is 3. The van der Waals surface area contributed by atoms with Gasteiger partial charge in [0.25, 0.3) is 0 Å². The first-order chi connectivity index (χ1) is 16.2. The number of nitrogens with zero attached hydrogens (tertiary/aromatic N) is 1. The summed E-state index contributed by atoms with van der Waals surface area (Å²) in [4.78, 5) is 39.0. The largest absolute Gasteiger partial charge is 0.457 e. The normalized spacial score (nSPS) is 19.7. The average Bonchev–Trinajstić information content (AvgIpc) is 3.02. The molecule has 1 heterocycles. The number of esters is 2. The fraction of sp³-hybridized carbons (Fsp3) is 0.536. The molecule has 34 heavy (non-hydrogen) atoms. The van der Waals surface area contributed by atoms with Gasteiger partial charge in [-0.2, -0.15) is 0 Å². The van der Waals surface area contributed by atoms with E-state index >= 15 is 0 Å². The van der Waals surface area contributed by atoms with E-state index in [1.165, 1.54) is 12.5 Å². The molecule has 1 aromatic rings. The molecule has 0 saturated heterocycles. The minimum Gasteiger partial charge on any atom is -0.457 e. The molecule has 1 aromatic carbocycles. The maximum absolute atomic E-state index is 12.8. The van der Waals surface area contributed by atoms with Crippen LogP contribution in [0.1, 0.15) is 78.6 Å². The number of cyclic esters (lactones) is 1. The molecular weight excluding hydrogens is 430 g/mol. The Kier molecular flexibility index (Phi) is 8.34. The first-order valence-electron chi connectivity index (χ1n) is 12.2. The Labute approximate surface area is 203 Å². The van der Waals surface area contributed by atoms with Crippen molar-refractivity contribution in [1.29, 1.82) is 0 Å². The molecule has 0 spiro atoms. The molecule has 1 aliphatic heterocycles. The molecule has 0 N–H and O–H groups in total. The molecule has 0 radical (unpaired) electrons. The van der Waals surface area contributed by atoms with Crippen molar-refractivity contribution in [2.45, 2.75) is 72.3 Å². The number of allylic oxidation sites excluding steroid dienone is 3. The molecule has 2 unspecified atom stereocenters. The molecule has 6 heteroatoms. The molecule has 3 rings (SSSR count). The number of amides is 1. The van der Waals surface area contributed by atoms with Crippen molar-refractivity contribution in [1.82, 2.24) is 4.90 Å². The second-order valence-electron chi connectivity index (χ2n) is 9.64. The van der Waals surface area contributed by atoms with Gasteiger partial charge >= 0.3 is 11.9 Å². The molecule has 1 fully saturated rings. The first kappa shape index (κ1) is 25.7. The van der Waals surface area contributed by atoms with E-state index in [1.807, 2.05) is 19.9 Å². The van der Waals surface area contributed by atoms with Crippen molar-refractivity contribution in [3.63, 3.8) is 0 Å². The van der Waals surface area contributed by atoms with E-state index in [0.29, 0.717) is 24.2 Å². The Morgan fingerprint density at radius 2 is 1.94 bits per heavy atom. The van der Waals surface area contributed by atoms with E-state index in [-0.39, 0.29) is 24.3 Å². The summed E-state index contributed by atoms with van der Waals surface area (Å²) < 4.78 is 11.0. The van der Waals surface area contributed by atoms with Crippen LogP contribution in [0.25, 0.3) is 0 Å². The van der Waals surface area contributed by atoms with E-state index in [9.17, 15) is 14.4 Å². The van der Waals surface area contributed by atoms with E-state index in [2.05, 4.69) is 12.7 Å². The van der Waals surface area contributed by atoms with Crippen molar-refractivity contribution in [3.8, 4) is 5.75 Å². The number of benzene rings is 1. The quantitative estimate of drug-likeness (QED) is 0.242.